The van der Waals surface area contributed by atoms with E-state index < -0.39 is 23.8 Å². The summed E-state index contributed by atoms with van der Waals surface area (Å²) in [6.07, 6.45) is 0.0923. The number of nitrogens with two attached hydrogens (primary N) is 1. The van der Waals surface area contributed by atoms with Crippen molar-refractivity contribution in [1.29, 1.82) is 0 Å². The molecule has 1 aliphatic rings. The smallest absolute Gasteiger partial charge is 0.312 e. The number of primary amides is 1. The molecule has 0 radical (unpaired) electrons. The maximum Gasteiger partial charge on any atom is 0.312 e. The van der Waals surface area contributed by atoms with Gasteiger partial charge in [0.05, 0.1) is 13.2 Å². The normalized spacial score (nSPS) is 21.6. The molecule has 114 valence electrons. The number of hydrogen-bond acceptors (Lipinski definition) is 3. The van der Waals surface area contributed by atoms with Crippen molar-refractivity contribution in [3.8, 4) is 5.75 Å². The molecule has 7 heteroatoms. The van der Waals surface area contributed by atoms with Crippen LogP contribution in [0.25, 0.3) is 0 Å². The summed E-state index contributed by atoms with van der Waals surface area (Å²) in [7, 11) is 1.46. The molecule has 1 aromatic rings. The van der Waals surface area contributed by atoms with Crippen LogP contribution in [0.2, 0.25) is 0 Å². The minimum absolute atomic E-state index is 0.0923. The number of ether oxygens (including phenoxy) is 1. The third-order valence-corrected chi connectivity index (χ3v) is 3.65. The van der Waals surface area contributed by atoms with Crippen molar-refractivity contribution < 1.29 is 18.7 Å². The van der Waals surface area contributed by atoms with Gasteiger partial charge in [0, 0.05) is 24.9 Å². The van der Waals surface area contributed by atoms with Gasteiger partial charge in [-0.05, 0) is 24.1 Å². The third kappa shape index (κ3) is 3.24. The van der Waals surface area contributed by atoms with Crippen LogP contribution in [0.15, 0.2) is 12.1 Å². The third-order valence-electron chi connectivity index (χ3n) is 3.65. The van der Waals surface area contributed by atoms with Crippen LogP contribution in [-0.4, -0.2) is 31.6 Å². The monoisotopic (exact) mass is 295 g/mol. The quantitative estimate of drug-likeness (QED) is 0.769. The Labute approximate surface area is 121 Å². The number of urea groups is 1. The highest BCUT2D eigenvalue weighted by Crippen LogP contribution is 2.33. The summed E-state index contributed by atoms with van der Waals surface area (Å²) in [5.41, 5.74) is 6.22. The summed E-state index contributed by atoms with van der Waals surface area (Å²) in [6.45, 7) is 1.96. The average molecular weight is 295 g/mol. The Morgan fingerprint density at radius 2 is 2.24 bits per heavy atom. The van der Waals surface area contributed by atoms with Crippen LogP contribution in [-0.2, 0) is 4.79 Å². The molecule has 1 aromatic carbocycles. The second-order valence-electron chi connectivity index (χ2n) is 5.07. The first-order valence-electron chi connectivity index (χ1n) is 6.59. The molecule has 3 amide bonds. The lowest BCUT2D eigenvalue weighted by Gasteiger charge is -2.33. The lowest BCUT2D eigenvalue weighted by molar-refractivity contribution is -0.123. The van der Waals surface area contributed by atoms with Gasteiger partial charge in [-0.2, -0.15) is 0 Å². The fourth-order valence-corrected chi connectivity index (χ4v) is 2.73. The number of piperidine rings is 1. The van der Waals surface area contributed by atoms with Crippen molar-refractivity contribution in [3.05, 3.63) is 29.1 Å². The highest BCUT2D eigenvalue weighted by atomic mass is 19.1. The van der Waals surface area contributed by atoms with Gasteiger partial charge in [-0.25, -0.2) is 9.18 Å². The van der Waals surface area contributed by atoms with Gasteiger partial charge in [0.1, 0.15) is 11.6 Å². The Bertz CT molecular complexity index is 554. The standard InChI is InChI=1S/C14H18FN3O3/c1-7-3-8(21-2)4-10(15)13(7)9-5-12(19)17-6-11(9)18-14(16)20/h3-4,9,11H,5-6H2,1-2H3,(H,17,19)(H3,16,18,20)/t9-,11-/m1/s1. The lowest BCUT2D eigenvalue weighted by atomic mass is 9.83. The van der Waals surface area contributed by atoms with Crippen LogP contribution >= 0.6 is 0 Å². The molecule has 0 saturated carbocycles. The van der Waals surface area contributed by atoms with Crippen molar-refractivity contribution in [2.75, 3.05) is 13.7 Å². The molecule has 0 unspecified atom stereocenters. The number of methoxy groups -OCH3 is 1. The topological polar surface area (TPSA) is 93.4 Å². The van der Waals surface area contributed by atoms with Crippen molar-refractivity contribution in [2.24, 2.45) is 5.73 Å². The van der Waals surface area contributed by atoms with Gasteiger partial charge in [0.15, 0.2) is 0 Å². The van der Waals surface area contributed by atoms with E-state index in [-0.39, 0.29) is 18.9 Å². The predicted octanol–water partition coefficient (Wildman–Crippen LogP) is 0.783. The SMILES string of the molecule is COc1cc(C)c([C@@H]2CC(=O)NC[C@H]2NC(N)=O)c(F)c1. The van der Waals surface area contributed by atoms with E-state index in [0.717, 1.165) is 0 Å². The van der Waals surface area contributed by atoms with Gasteiger partial charge in [-0.15, -0.1) is 0 Å². The second-order valence-corrected chi connectivity index (χ2v) is 5.07. The summed E-state index contributed by atoms with van der Waals surface area (Å²) < 4.78 is 19.4. The van der Waals surface area contributed by atoms with E-state index in [1.165, 1.54) is 13.2 Å². The highest BCUT2D eigenvalue weighted by molar-refractivity contribution is 5.79. The molecule has 1 aliphatic heterocycles. The van der Waals surface area contributed by atoms with Crippen molar-refractivity contribution in [2.45, 2.75) is 25.3 Å². The summed E-state index contributed by atoms with van der Waals surface area (Å²) in [6, 6.07) is 1.83. The molecule has 0 spiro atoms. The van der Waals surface area contributed by atoms with Crippen LogP contribution < -0.4 is 21.1 Å². The van der Waals surface area contributed by atoms with Crippen LogP contribution in [0, 0.1) is 12.7 Å². The van der Waals surface area contributed by atoms with E-state index in [1.807, 2.05) is 0 Å². The van der Waals surface area contributed by atoms with Gasteiger partial charge in [0.25, 0.3) is 0 Å². The van der Waals surface area contributed by atoms with Crippen molar-refractivity contribution in [3.63, 3.8) is 0 Å². The Morgan fingerprint density at radius 3 is 2.81 bits per heavy atom. The first kappa shape index (κ1) is 15.1. The first-order valence-corrected chi connectivity index (χ1v) is 6.59. The predicted molar refractivity (Wildman–Crippen MR) is 74.6 cm³/mol. The minimum atomic E-state index is -0.701. The number of aryl methyl sites for hydroxylation is 1. The summed E-state index contributed by atoms with van der Waals surface area (Å²) in [5.74, 6) is -0.689. The number of carbonyl (C=O) groups excluding carboxylic acids is 2. The molecule has 0 bridgehead atoms. The summed E-state index contributed by atoms with van der Waals surface area (Å²) >= 11 is 0. The lowest BCUT2D eigenvalue weighted by Crippen LogP contribution is -2.53. The number of halogens is 1. The maximum atomic E-state index is 14.4. The van der Waals surface area contributed by atoms with Gasteiger partial charge in [0.2, 0.25) is 5.91 Å². The molecule has 2 rings (SSSR count). The van der Waals surface area contributed by atoms with E-state index in [4.69, 9.17) is 10.5 Å². The van der Waals surface area contributed by atoms with Crippen LogP contribution in [0.1, 0.15) is 23.5 Å². The Hall–Kier alpha value is -2.31. The van der Waals surface area contributed by atoms with E-state index in [0.29, 0.717) is 16.9 Å². The van der Waals surface area contributed by atoms with Crippen molar-refractivity contribution >= 4 is 11.9 Å². The number of hydrogen-bond donors (Lipinski definition) is 3. The van der Waals surface area contributed by atoms with Gasteiger partial charge < -0.3 is 21.1 Å². The molecular weight excluding hydrogens is 277 g/mol. The van der Waals surface area contributed by atoms with Gasteiger partial charge >= 0.3 is 6.03 Å². The Balaban J connectivity index is 2.40. The molecule has 21 heavy (non-hydrogen) atoms. The molecular formula is C14H18FN3O3. The molecule has 0 aromatic heterocycles. The number of rotatable bonds is 3. The van der Waals surface area contributed by atoms with Crippen LogP contribution in [0.3, 0.4) is 0 Å². The highest BCUT2D eigenvalue weighted by Gasteiger charge is 2.34. The Kier molecular flexibility index (Phi) is 4.30. The number of carbonyl (C=O) groups is 2. The van der Waals surface area contributed by atoms with Crippen LogP contribution in [0.4, 0.5) is 9.18 Å². The molecule has 6 nitrogen and oxygen atoms in total. The Morgan fingerprint density at radius 1 is 1.52 bits per heavy atom. The maximum absolute atomic E-state index is 14.4. The second kappa shape index (κ2) is 5.99. The fraction of sp³-hybridized carbons (Fsp3) is 0.429. The van der Waals surface area contributed by atoms with E-state index in [2.05, 4.69) is 10.6 Å². The largest absolute Gasteiger partial charge is 0.497 e. The van der Waals surface area contributed by atoms with E-state index in [1.54, 1.807) is 13.0 Å². The van der Waals surface area contributed by atoms with E-state index >= 15 is 0 Å². The van der Waals surface area contributed by atoms with Gasteiger partial charge in [-0.1, -0.05) is 0 Å². The number of benzene rings is 1. The molecule has 4 N–H and O–H groups in total. The molecule has 1 heterocycles. The zero-order chi connectivity index (χ0) is 15.6. The minimum Gasteiger partial charge on any atom is -0.497 e. The molecule has 0 aliphatic carbocycles. The zero-order valence-corrected chi connectivity index (χ0v) is 11.9. The van der Waals surface area contributed by atoms with Gasteiger partial charge in [-0.3, -0.25) is 4.79 Å². The fourth-order valence-electron chi connectivity index (χ4n) is 2.73. The summed E-state index contributed by atoms with van der Waals surface area (Å²) in [4.78, 5) is 22.7. The summed E-state index contributed by atoms with van der Waals surface area (Å²) in [5, 5.41) is 5.20. The number of nitrogens with one attached hydrogen (secondary N) is 2. The number of amides is 3. The first-order chi connectivity index (χ1) is 9.92. The molecule has 1 saturated heterocycles. The molecule has 1 fully saturated rings. The van der Waals surface area contributed by atoms with Crippen LogP contribution in [0.5, 0.6) is 5.75 Å². The van der Waals surface area contributed by atoms with E-state index in [9.17, 15) is 14.0 Å². The average Bonchev–Trinajstić information content (AvgIpc) is 2.40. The molecule has 2 atom stereocenters. The zero-order valence-electron chi connectivity index (χ0n) is 11.9. The van der Waals surface area contributed by atoms with Crippen molar-refractivity contribution in [1.82, 2.24) is 10.6 Å².